The lowest BCUT2D eigenvalue weighted by Gasteiger charge is -2.39. The maximum atomic E-state index is 12.4. The van der Waals surface area contributed by atoms with Gasteiger partial charge in [0.2, 0.25) is 0 Å². The number of carbonyl (C=O) groups excluding carboxylic acids is 1. The van der Waals surface area contributed by atoms with Crippen molar-refractivity contribution in [2.45, 2.75) is 45.1 Å². The monoisotopic (exact) mass is 307 g/mol. The number of benzene rings is 2. The van der Waals surface area contributed by atoms with Crippen molar-refractivity contribution < 1.29 is 4.79 Å². The highest BCUT2D eigenvalue weighted by Gasteiger charge is 2.28. The molecule has 0 N–H and O–H groups in total. The van der Waals surface area contributed by atoms with Gasteiger partial charge < -0.3 is 4.90 Å². The summed E-state index contributed by atoms with van der Waals surface area (Å²) in [4.78, 5) is 14.8. The number of fused-ring (bicyclic) bond motifs is 1. The minimum atomic E-state index is 0.173. The number of hydrogen-bond donors (Lipinski definition) is 0. The van der Waals surface area contributed by atoms with Crippen LogP contribution in [0.5, 0.6) is 0 Å². The molecule has 2 nitrogen and oxygen atoms in total. The van der Waals surface area contributed by atoms with Crippen molar-refractivity contribution in [2.24, 2.45) is 0 Å². The molecule has 1 aliphatic heterocycles. The first-order chi connectivity index (χ1) is 11.3. The molecule has 23 heavy (non-hydrogen) atoms. The van der Waals surface area contributed by atoms with E-state index >= 15 is 0 Å². The largest absolute Gasteiger partial charge is 0.364 e. The van der Waals surface area contributed by atoms with Crippen molar-refractivity contribution in [3.8, 4) is 0 Å². The van der Waals surface area contributed by atoms with Gasteiger partial charge in [0.25, 0.3) is 0 Å². The summed E-state index contributed by atoms with van der Waals surface area (Å²) in [6.07, 6.45) is 4.45. The summed E-state index contributed by atoms with van der Waals surface area (Å²) in [7, 11) is 0. The molecule has 0 spiro atoms. The topological polar surface area (TPSA) is 20.3 Å². The van der Waals surface area contributed by atoms with Crippen LogP contribution in [0, 0.1) is 0 Å². The van der Waals surface area contributed by atoms with Gasteiger partial charge in [-0.1, -0.05) is 55.8 Å². The number of hydrogen-bond acceptors (Lipinski definition) is 2. The predicted octanol–water partition coefficient (Wildman–Crippen LogP) is 4.94. The SMILES string of the molecule is CCCCC(=O)C[C@H]1c2ccccc2CCN1c1ccccc1. The van der Waals surface area contributed by atoms with Gasteiger partial charge in [0.15, 0.2) is 0 Å². The van der Waals surface area contributed by atoms with E-state index in [2.05, 4.69) is 60.4 Å². The highest BCUT2D eigenvalue weighted by Crippen LogP contribution is 2.36. The summed E-state index contributed by atoms with van der Waals surface area (Å²) in [6, 6.07) is 19.3. The number of nitrogens with zero attached hydrogens (tertiary/aromatic N) is 1. The number of ketones is 1. The molecule has 0 aliphatic carbocycles. The number of carbonyl (C=O) groups is 1. The first kappa shape index (κ1) is 15.8. The maximum absolute atomic E-state index is 12.4. The smallest absolute Gasteiger partial charge is 0.135 e. The molecule has 0 saturated heterocycles. The molecule has 0 fully saturated rings. The third kappa shape index (κ3) is 3.64. The molecule has 2 aromatic carbocycles. The fraction of sp³-hybridized carbons (Fsp3) is 0.381. The van der Waals surface area contributed by atoms with E-state index in [0.29, 0.717) is 18.6 Å². The highest BCUT2D eigenvalue weighted by molar-refractivity contribution is 5.80. The van der Waals surface area contributed by atoms with Gasteiger partial charge in [-0.15, -0.1) is 0 Å². The zero-order valence-corrected chi connectivity index (χ0v) is 13.9. The number of anilines is 1. The Morgan fingerprint density at radius 2 is 1.83 bits per heavy atom. The van der Waals surface area contributed by atoms with Crippen LogP contribution < -0.4 is 4.90 Å². The first-order valence-corrected chi connectivity index (χ1v) is 8.70. The van der Waals surface area contributed by atoms with Crippen molar-refractivity contribution in [3.63, 3.8) is 0 Å². The summed E-state index contributed by atoms with van der Waals surface area (Å²) in [5.41, 5.74) is 3.94. The van der Waals surface area contributed by atoms with Gasteiger partial charge in [0.1, 0.15) is 5.78 Å². The molecule has 1 atom stereocenters. The van der Waals surface area contributed by atoms with Crippen LogP contribution >= 0.6 is 0 Å². The molecule has 1 aliphatic rings. The van der Waals surface area contributed by atoms with Gasteiger partial charge >= 0.3 is 0 Å². The Balaban J connectivity index is 1.89. The summed E-state index contributed by atoms with van der Waals surface area (Å²) in [6.45, 7) is 3.12. The minimum Gasteiger partial charge on any atom is -0.364 e. The van der Waals surface area contributed by atoms with Crippen molar-refractivity contribution in [2.75, 3.05) is 11.4 Å². The van der Waals surface area contributed by atoms with Crippen molar-refractivity contribution in [3.05, 3.63) is 65.7 Å². The van der Waals surface area contributed by atoms with Crippen LogP contribution in [0.25, 0.3) is 0 Å². The van der Waals surface area contributed by atoms with E-state index in [1.165, 1.54) is 16.8 Å². The molecule has 0 unspecified atom stereocenters. The van der Waals surface area contributed by atoms with E-state index in [9.17, 15) is 4.79 Å². The molecule has 2 aromatic rings. The Labute approximate surface area is 139 Å². The summed E-state index contributed by atoms with van der Waals surface area (Å²) in [5, 5.41) is 0. The number of unbranched alkanes of at least 4 members (excludes halogenated alkanes) is 1. The zero-order valence-electron chi connectivity index (χ0n) is 13.9. The average Bonchev–Trinajstić information content (AvgIpc) is 2.61. The molecule has 1 heterocycles. The second-order valence-electron chi connectivity index (χ2n) is 6.34. The summed E-state index contributed by atoms with van der Waals surface area (Å²) in [5.74, 6) is 0.384. The fourth-order valence-corrected chi connectivity index (χ4v) is 3.49. The molecule has 0 saturated carbocycles. The normalized spacial score (nSPS) is 16.9. The number of rotatable bonds is 6. The van der Waals surface area contributed by atoms with Crippen molar-refractivity contribution in [1.82, 2.24) is 0 Å². The molecule has 0 amide bonds. The molecule has 120 valence electrons. The van der Waals surface area contributed by atoms with E-state index in [1.54, 1.807) is 0 Å². The molecule has 3 rings (SSSR count). The Kier molecular flexibility index (Phi) is 5.12. The fourth-order valence-electron chi connectivity index (χ4n) is 3.49. The van der Waals surface area contributed by atoms with Gasteiger partial charge in [-0.2, -0.15) is 0 Å². The van der Waals surface area contributed by atoms with Crippen molar-refractivity contribution >= 4 is 11.5 Å². The average molecular weight is 307 g/mol. The molecule has 0 radical (unpaired) electrons. The lowest BCUT2D eigenvalue weighted by Crippen LogP contribution is -2.36. The summed E-state index contributed by atoms with van der Waals surface area (Å²) < 4.78 is 0. The van der Waals surface area contributed by atoms with E-state index in [1.807, 2.05) is 6.07 Å². The van der Waals surface area contributed by atoms with Gasteiger partial charge in [0, 0.05) is 25.1 Å². The third-order valence-electron chi connectivity index (χ3n) is 4.73. The first-order valence-electron chi connectivity index (χ1n) is 8.70. The van der Waals surface area contributed by atoms with Crippen LogP contribution in [0.15, 0.2) is 54.6 Å². The lowest BCUT2D eigenvalue weighted by atomic mass is 9.88. The van der Waals surface area contributed by atoms with E-state index in [-0.39, 0.29) is 6.04 Å². The summed E-state index contributed by atoms with van der Waals surface area (Å²) >= 11 is 0. The Bertz CT molecular complexity index is 650. The van der Waals surface area contributed by atoms with Crippen LogP contribution in [0.4, 0.5) is 5.69 Å². The molecule has 0 aromatic heterocycles. The van der Waals surface area contributed by atoms with Crippen LogP contribution in [-0.4, -0.2) is 12.3 Å². The Morgan fingerprint density at radius 1 is 1.09 bits per heavy atom. The van der Waals surface area contributed by atoms with Gasteiger partial charge in [0.05, 0.1) is 6.04 Å². The van der Waals surface area contributed by atoms with Crippen LogP contribution in [0.2, 0.25) is 0 Å². The molecular formula is C21H25NO. The maximum Gasteiger partial charge on any atom is 0.135 e. The van der Waals surface area contributed by atoms with Gasteiger partial charge in [-0.3, -0.25) is 4.79 Å². The second-order valence-corrected chi connectivity index (χ2v) is 6.34. The Morgan fingerprint density at radius 3 is 2.61 bits per heavy atom. The quantitative estimate of drug-likeness (QED) is 0.753. The molecule has 2 heteroatoms. The molecular weight excluding hydrogens is 282 g/mol. The standard InChI is InChI=1S/C21H25NO/c1-2-3-12-19(23)16-21-20-13-8-7-9-17(20)14-15-22(21)18-10-5-4-6-11-18/h4-11,13,21H,2-3,12,14-16H2,1H3/t21-/m0/s1. The van der Waals surface area contributed by atoms with E-state index < -0.39 is 0 Å². The predicted molar refractivity (Wildman–Crippen MR) is 95.8 cm³/mol. The zero-order chi connectivity index (χ0) is 16.1. The second kappa shape index (κ2) is 7.45. The van der Waals surface area contributed by atoms with Crippen LogP contribution in [-0.2, 0) is 11.2 Å². The van der Waals surface area contributed by atoms with E-state index in [0.717, 1.165) is 25.8 Å². The highest BCUT2D eigenvalue weighted by atomic mass is 16.1. The number of para-hydroxylation sites is 1. The Hall–Kier alpha value is -2.09. The van der Waals surface area contributed by atoms with Crippen molar-refractivity contribution in [1.29, 1.82) is 0 Å². The third-order valence-corrected chi connectivity index (χ3v) is 4.73. The minimum absolute atomic E-state index is 0.173. The number of Topliss-reactive ketones (excluding diaryl/α,β-unsaturated/α-hetero) is 1. The van der Waals surface area contributed by atoms with Crippen LogP contribution in [0.3, 0.4) is 0 Å². The van der Waals surface area contributed by atoms with Crippen LogP contribution in [0.1, 0.15) is 49.8 Å². The lowest BCUT2D eigenvalue weighted by molar-refractivity contribution is -0.119. The molecule has 0 bridgehead atoms. The van der Waals surface area contributed by atoms with Gasteiger partial charge in [-0.25, -0.2) is 0 Å². The van der Waals surface area contributed by atoms with Gasteiger partial charge in [-0.05, 0) is 36.1 Å². The van der Waals surface area contributed by atoms with E-state index in [4.69, 9.17) is 0 Å².